The van der Waals surface area contributed by atoms with E-state index in [9.17, 15) is 8.78 Å². The van der Waals surface area contributed by atoms with Crippen LogP contribution in [-0.2, 0) is 0 Å². The van der Waals surface area contributed by atoms with Gasteiger partial charge in [-0.25, -0.2) is 19.6 Å². The Morgan fingerprint density at radius 1 is 1.57 bits per heavy atom. The Morgan fingerprint density at radius 3 is 2.86 bits per heavy atom. The fourth-order valence-electron chi connectivity index (χ4n) is 0.864. The van der Waals surface area contributed by atoms with Crippen molar-refractivity contribution in [3.05, 3.63) is 11.8 Å². The molecule has 0 amide bonds. The molecule has 0 aromatic carbocycles. The zero-order chi connectivity index (χ0) is 10.6. The zero-order valence-corrected chi connectivity index (χ0v) is 7.59. The maximum Gasteiger partial charge on any atom is 0.255 e. The normalized spacial score (nSPS) is 10.4. The van der Waals surface area contributed by atoms with Crippen molar-refractivity contribution in [1.82, 2.24) is 9.97 Å². The van der Waals surface area contributed by atoms with Crippen LogP contribution in [0.3, 0.4) is 0 Å². The predicted octanol–water partition coefficient (Wildman–Crippen LogP) is 0.748. The van der Waals surface area contributed by atoms with Gasteiger partial charge in [-0.05, 0) is 6.92 Å². The standard InChI is InChI=1S/C7H11F2N5/c1-4-2-12-7(14-10)13-6(4)11-3-5(8)9/h2,5H,3,10H2,1H3,(H2,11,12,13,14). The van der Waals surface area contributed by atoms with Crippen LogP contribution in [0.15, 0.2) is 6.20 Å². The summed E-state index contributed by atoms with van der Waals surface area (Å²) in [7, 11) is 0. The summed E-state index contributed by atoms with van der Waals surface area (Å²) in [6, 6.07) is 0. The highest BCUT2D eigenvalue weighted by molar-refractivity contribution is 5.45. The van der Waals surface area contributed by atoms with Crippen LogP contribution in [0.25, 0.3) is 0 Å². The summed E-state index contributed by atoms with van der Waals surface area (Å²) in [5, 5.41) is 2.49. The van der Waals surface area contributed by atoms with Crippen LogP contribution in [0, 0.1) is 6.92 Å². The highest BCUT2D eigenvalue weighted by Gasteiger charge is 2.06. The lowest BCUT2D eigenvalue weighted by atomic mass is 10.3. The second-order valence-electron chi connectivity index (χ2n) is 2.64. The number of rotatable bonds is 4. The molecule has 0 spiro atoms. The second-order valence-corrected chi connectivity index (χ2v) is 2.64. The molecule has 0 radical (unpaired) electrons. The molecule has 0 aliphatic heterocycles. The number of aromatic nitrogens is 2. The van der Waals surface area contributed by atoms with E-state index in [1.165, 1.54) is 6.20 Å². The van der Waals surface area contributed by atoms with Gasteiger partial charge in [-0.2, -0.15) is 4.98 Å². The molecule has 1 aromatic heterocycles. The maximum absolute atomic E-state index is 11.9. The van der Waals surface area contributed by atoms with Crippen LogP contribution < -0.4 is 16.6 Å². The topological polar surface area (TPSA) is 75.9 Å². The highest BCUT2D eigenvalue weighted by Crippen LogP contribution is 2.12. The minimum atomic E-state index is -2.42. The van der Waals surface area contributed by atoms with Gasteiger partial charge in [0.15, 0.2) is 0 Å². The summed E-state index contributed by atoms with van der Waals surface area (Å²) in [4.78, 5) is 7.68. The molecule has 0 aliphatic rings. The van der Waals surface area contributed by atoms with Crippen LogP contribution in [0.5, 0.6) is 0 Å². The van der Waals surface area contributed by atoms with Crippen molar-refractivity contribution in [2.45, 2.75) is 13.3 Å². The molecule has 78 valence electrons. The Labute approximate surface area is 79.7 Å². The zero-order valence-electron chi connectivity index (χ0n) is 7.59. The maximum atomic E-state index is 11.9. The molecule has 0 unspecified atom stereocenters. The molecule has 1 heterocycles. The lowest BCUT2D eigenvalue weighted by Gasteiger charge is -2.08. The Hall–Kier alpha value is -1.50. The second kappa shape index (κ2) is 4.66. The molecule has 7 heteroatoms. The van der Waals surface area contributed by atoms with Crippen molar-refractivity contribution < 1.29 is 8.78 Å². The lowest BCUT2D eigenvalue weighted by molar-refractivity contribution is 0.163. The van der Waals surface area contributed by atoms with E-state index in [2.05, 4.69) is 20.7 Å². The monoisotopic (exact) mass is 203 g/mol. The van der Waals surface area contributed by atoms with Gasteiger partial charge in [0.25, 0.3) is 6.43 Å². The van der Waals surface area contributed by atoms with Gasteiger partial charge >= 0.3 is 0 Å². The van der Waals surface area contributed by atoms with E-state index in [1.807, 2.05) is 0 Å². The van der Waals surface area contributed by atoms with Crippen LogP contribution in [0.1, 0.15) is 5.56 Å². The number of nitrogens with two attached hydrogens (primary N) is 1. The number of halogens is 2. The molecule has 14 heavy (non-hydrogen) atoms. The highest BCUT2D eigenvalue weighted by atomic mass is 19.3. The van der Waals surface area contributed by atoms with Crippen molar-refractivity contribution in [3.8, 4) is 0 Å². The Bertz CT molecular complexity index is 304. The van der Waals surface area contributed by atoms with E-state index in [0.717, 1.165) is 0 Å². The molecule has 0 fully saturated rings. The molecule has 0 saturated heterocycles. The van der Waals surface area contributed by atoms with Gasteiger partial charge in [-0.1, -0.05) is 0 Å². The summed E-state index contributed by atoms with van der Waals surface area (Å²) >= 11 is 0. The van der Waals surface area contributed by atoms with Gasteiger partial charge in [0.1, 0.15) is 5.82 Å². The molecule has 0 bridgehead atoms. The summed E-state index contributed by atoms with van der Waals surface area (Å²) in [6.07, 6.45) is -0.922. The van der Waals surface area contributed by atoms with Gasteiger partial charge in [-0.3, -0.25) is 5.43 Å². The number of hydrogen-bond donors (Lipinski definition) is 3. The van der Waals surface area contributed by atoms with Crippen LogP contribution >= 0.6 is 0 Å². The van der Waals surface area contributed by atoms with E-state index in [0.29, 0.717) is 11.4 Å². The van der Waals surface area contributed by atoms with Gasteiger partial charge in [0.2, 0.25) is 5.95 Å². The first-order valence-corrected chi connectivity index (χ1v) is 3.95. The molecule has 0 atom stereocenters. The van der Waals surface area contributed by atoms with Gasteiger partial charge in [-0.15, -0.1) is 0 Å². The smallest absolute Gasteiger partial charge is 0.255 e. The number of nitrogen functional groups attached to an aromatic ring is 1. The number of alkyl halides is 2. The number of nitrogens with zero attached hydrogens (tertiary/aromatic N) is 2. The Balaban J connectivity index is 2.73. The fourth-order valence-corrected chi connectivity index (χ4v) is 0.864. The van der Waals surface area contributed by atoms with Gasteiger partial charge in [0, 0.05) is 11.8 Å². The van der Waals surface area contributed by atoms with E-state index in [4.69, 9.17) is 5.84 Å². The fraction of sp³-hybridized carbons (Fsp3) is 0.429. The first-order chi connectivity index (χ1) is 6.63. The third-order valence-corrected chi connectivity index (χ3v) is 1.52. The van der Waals surface area contributed by atoms with Crippen molar-refractivity contribution >= 4 is 11.8 Å². The third kappa shape index (κ3) is 2.77. The molecule has 4 N–H and O–H groups in total. The summed E-state index contributed by atoms with van der Waals surface area (Å²) in [5.41, 5.74) is 2.92. The van der Waals surface area contributed by atoms with Gasteiger partial charge in [0.05, 0.1) is 6.54 Å². The van der Waals surface area contributed by atoms with E-state index >= 15 is 0 Å². The molecule has 0 aliphatic carbocycles. The minimum Gasteiger partial charge on any atom is -0.364 e. The number of hydrazine groups is 1. The van der Waals surface area contributed by atoms with Crippen LogP contribution in [0.4, 0.5) is 20.5 Å². The van der Waals surface area contributed by atoms with Crippen LogP contribution in [0.2, 0.25) is 0 Å². The Kier molecular flexibility index (Phi) is 3.52. The molecule has 1 rings (SSSR count). The molecule has 5 nitrogen and oxygen atoms in total. The summed E-state index contributed by atoms with van der Waals surface area (Å²) in [5.74, 6) is 5.62. The lowest BCUT2D eigenvalue weighted by Crippen LogP contribution is -2.15. The summed E-state index contributed by atoms with van der Waals surface area (Å²) in [6.45, 7) is 1.27. The molecular weight excluding hydrogens is 192 g/mol. The van der Waals surface area contributed by atoms with Crippen molar-refractivity contribution in [2.75, 3.05) is 17.3 Å². The number of aryl methyl sites for hydroxylation is 1. The SMILES string of the molecule is Cc1cnc(NN)nc1NCC(F)F. The number of nitrogens with one attached hydrogen (secondary N) is 2. The third-order valence-electron chi connectivity index (χ3n) is 1.52. The average Bonchev–Trinajstić information content (AvgIpc) is 2.16. The number of anilines is 2. The molecule has 0 saturated carbocycles. The molecular formula is C7H11F2N5. The Morgan fingerprint density at radius 2 is 2.29 bits per heavy atom. The largest absolute Gasteiger partial charge is 0.364 e. The van der Waals surface area contributed by atoms with Crippen LogP contribution in [-0.4, -0.2) is 22.9 Å². The van der Waals surface area contributed by atoms with E-state index in [1.54, 1.807) is 6.92 Å². The first kappa shape index (κ1) is 10.6. The van der Waals surface area contributed by atoms with E-state index < -0.39 is 13.0 Å². The molecule has 1 aromatic rings. The minimum absolute atomic E-state index is 0.187. The number of hydrogen-bond acceptors (Lipinski definition) is 5. The predicted molar refractivity (Wildman–Crippen MR) is 49.1 cm³/mol. The summed E-state index contributed by atoms with van der Waals surface area (Å²) < 4.78 is 23.8. The van der Waals surface area contributed by atoms with Crippen molar-refractivity contribution in [1.29, 1.82) is 0 Å². The van der Waals surface area contributed by atoms with Crippen molar-refractivity contribution in [3.63, 3.8) is 0 Å². The first-order valence-electron chi connectivity index (χ1n) is 3.95. The average molecular weight is 203 g/mol. The van der Waals surface area contributed by atoms with Crippen molar-refractivity contribution in [2.24, 2.45) is 5.84 Å². The van der Waals surface area contributed by atoms with E-state index in [-0.39, 0.29) is 5.95 Å². The quantitative estimate of drug-likeness (QED) is 0.497. The van der Waals surface area contributed by atoms with Gasteiger partial charge < -0.3 is 5.32 Å².